The number of nitriles is 1. The van der Waals surface area contributed by atoms with Crippen molar-refractivity contribution in [3.63, 3.8) is 0 Å². The van der Waals surface area contributed by atoms with Crippen LogP contribution in [-0.4, -0.2) is 10.9 Å². The normalized spacial score (nSPS) is 10.0. The summed E-state index contributed by atoms with van der Waals surface area (Å²) in [6.45, 7) is 0. The van der Waals surface area contributed by atoms with Gasteiger partial charge in [0.15, 0.2) is 0 Å². The average Bonchev–Trinajstić information content (AvgIpc) is 2.66. The summed E-state index contributed by atoms with van der Waals surface area (Å²) in [6, 6.07) is 16.0. The molecule has 26 heavy (non-hydrogen) atoms. The summed E-state index contributed by atoms with van der Waals surface area (Å²) in [5.41, 5.74) is 2.05. The van der Waals surface area contributed by atoms with Crippen LogP contribution in [0.3, 0.4) is 0 Å². The monoisotopic (exact) mass is 366 g/mol. The van der Waals surface area contributed by atoms with Crippen molar-refractivity contribution in [1.82, 2.24) is 4.98 Å². The number of anilines is 3. The van der Waals surface area contributed by atoms with E-state index in [0.29, 0.717) is 28.3 Å². The Balaban J connectivity index is 1.67. The fraction of sp³-hybridized carbons (Fsp3) is 0. The lowest BCUT2D eigenvalue weighted by Crippen LogP contribution is -2.12. The van der Waals surface area contributed by atoms with Crippen molar-refractivity contribution >= 4 is 34.7 Å². The molecule has 0 spiro atoms. The first-order chi connectivity index (χ1) is 12.5. The molecule has 0 aliphatic carbocycles. The highest BCUT2D eigenvalue weighted by Gasteiger charge is 2.08. The molecule has 0 unspecified atom stereocenters. The summed E-state index contributed by atoms with van der Waals surface area (Å²) in [5, 5.41) is 14.5. The Bertz CT molecular complexity index is 982. The van der Waals surface area contributed by atoms with Crippen molar-refractivity contribution < 1.29 is 9.18 Å². The molecule has 0 bridgehead atoms. The summed E-state index contributed by atoms with van der Waals surface area (Å²) in [7, 11) is 0. The molecule has 2 N–H and O–H groups in total. The first-order valence-corrected chi connectivity index (χ1v) is 7.92. The fourth-order valence-corrected chi connectivity index (χ4v) is 2.34. The number of nitrogens with one attached hydrogen (secondary N) is 2. The molecule has 0 saturated heterocycles. The molecule has 0 aliphatic rings. The molecule has 0 fully saturated rings. The largest absolute Gasteiger partial charge is 0.340 e. The number of nitrogens with zero attached hydrogens (tertiary/aromatic N) is 2. The Hall–Kier alpha value is -3.43. The smallest absolute Gasteiger partial charge is 0.257 e. The Kier molecular flexibility index (Phi) is 5.11. The maximum absolute atomic E-state index is 13.2. The minimum atomic E-state index is -0.500. The number of hydrogen-bond acceptors (Lipinski definition) is 4. The van der Waals surface area contributed by atoms with Crippen LogP contribution < -0.4 is 10.6 Å². The average molecular weight is 367 g/mol. The van der Waals surface area contributed by atoms with Crippen LogP contribution in [-0.2, 0) is 0 Å². The summed E-state index contributed by atoms with van der Waals surface area (Å²) in [6.07, 6.45) is 1.42. The van der Waals surface area contributed by atoms with Crippen LogP contribution in [0.25, 0.3) is 0 Å². The van der Waals surface area contributed by atoms with E-state index >= 15 is 0 Å². The van der Waals surface area contributed by atoms with Gasteiger partial charge in [0.25, 0.3) is 5.91 Å². The van der Waals surface area contributed by atoms with Crippen LogP contribution in [0.15, 0.2) is 60.8 Å². The highest BCUT2D eigenvalue weighted by atomic mass is 35.5. The van der Waals surface area contributed by atoms with E-state index in [1.165, 1.54) is 24.4 Å². The van der Waals surface area contributed by atoms with Crippen LogP contribution in [0.1, 0.15) is 15.9 Å². The quantitative estimate of drug-likeness (QED) is 0.699. The summed E-state index contributed by atoms with van der Waals surface area (Å²) >= 11 is 5.74. The molecule has 128 valence electrons. The van der Waals surface area contributed by atoms with Gasteiger partial charge in [-0.15, -0.1) is 0 Å². The first-order valence-electron chi connectivity index (χ1n) is 7.55. The topological polar surface area (TPSA) is 77.8 Å². The van der Waals surface area contributed by atoms with Gasteiger partial charge in [-0.05, 0) is 54.6 Å². The maximum atomic E-state index is 13.2. The van der Waals surface area contributed by atoms with E-state index in [2.05, 4.69) is 15.6 Å². The standard InChI is InChI=1S/C19H12ClFN4O/c20-16-9-15(6-7-17(16)21)24-18-8-3-13(11-23-18)19(26)25-14-4-1-12(10-22)2-5-14/h1-9,11H,(H,23,24)(H,25,26). The van der Waals surface area contributed by atoms with Gasteiger partial charge in [0, 0.05) is 17.6 Å². The van der Waals surface area contributed by atoms with E-state index < -0.39 is 5.82 Å². The lowest BCUT2D eigenvalue weighted by atomic mass is 10.2. The summed E-state index contributed by atoms with van der Waals surface area (Å²) < 4.78 is 13.2. The van der Waals surface area contributed by atoms with Crippen molar-refractivity contribution in [2.45, 2.75) is 0 Å². The molecule has 0 radical (unpaired) electrons. The zero-order valence-electron chi connectivity index (χ0n) is 13.3. The number of aromatic nitrogens is 1. The van der Waals surface area contributed by atoms with Gasteiger partial charge in [-0.3, -0.25) is 4.79 Å². The predicted octanol–water partition coefficient (Wildman–Crippen LogP) is 4.74. The Labute approximate surface area is 154 Å². The highest BCUT2D eigenvalue weighted by Crippen LogP contribution is 2.22. The third-order valence-corrected chi connectivity index (χ3v) is 3.78. The van der Waals surface area contributed by atoms with E-state index in [1.54, 1.807) is 36.4 Å². The van der Waals surface area contributed by atoms with E-state index in [1.807, 2.05) is 6.07 Å². The second kappa shape index (κ2) is 7.64. The third kappa shape index (κ3) is 4.15. The van der Waals surface area contributed by atoms with Crippen molar-refractivity contribution in [1.29, 1.82) is 5.26 Å². The van der Waals surface area contributed by atoms with Gasteiger partial charge < -0.3 is 10.6 Å². The lowest BCUT2D eigenvalue weighted by Gasteiger charge is -2.08. The molecule has 5 nitrogen and oxygen atoms in total. The molecule has 1 heterocycles. The number of halogens is 2. The van der Waals surface area contributed by atoms with Crippen LogP contribution in [0, 0.1) is 17.1 Å². The Morgan fingerprint density at radius 3 is 2.42 bits per heavy atom. The maximum Gasteiger partial charge on any atom is 0.257 e. The van der Waals surface area contributed by atoms with Crippen molar-refractivity contribution in [3.05, 3.63) is 82.8 Å². The van der Waals surface area contributed by atoms with Crippen molar-refractivity contribution in [2.24, 2.45) is 0 Å². The fourth-order valence-electron chi connectivity index (χ4n) is 2.16. The minimum absolute atomic E-state index is 0.00779. The van der Waals surface area contributed by atoms with Gasteiger partial charge in [0.2, 0.25) is 0 Å². The minimum Gasteiger partial charge on any atom is -0.340 e. The molecule has 0 atom stereocenters. The second-order valence-corrected chi connectivity index (χ2v) is 5.74. The Morgan fingerprint density at radius 2 is 1.81 bits per heavy atom. The van der Waals surface area contributed by atoms with E-state index in [0.717, 1.165) is 0 Å². The van der Waals surface area contributed by atoms with Crippen molar-refractivity contribution in [3.8, 4) is 6.07 Å². The van der Waals surface area contributed by atoms with Gasteiger partial charge in [-0.1, -0.05) is 11.6 Å². The third-order valence-electron chi connectivity index (χ3n) is 3.49. The predicted molar refractivity (Wildman–Crippen MR) is 98.0 cm³/mol. The van der Waals surface area contributed by atoms with Gasteiger partial charge >= 0.3 is 0 Å². The van der Waals surface area contributed by atoms with Crippen LogP contribution in [0.2, 0.25) is 5.02 Å². The second-order valence-electron chi connectivity index (χ2n) is 5.33. The van der Waals surface area contributed by atoms with E-state index in [9.17, 15) is 9.18 Å². The van der Waals surface area contributed by atoms with Gasteiger partial charge in [0.05, 0.1) is 22.2 Å². The molecule has 0 aliphatic heterocycles. The number of hydrogen-bond donors (Lipinski definition) is 2. The van der Waals surface area contributed by atoms with Crippen LogP contribution in [0.5, 0.6) is 0 Å². The molecule has 1 aromatic heterocycles. The number of carbonyl (C=O) groups excluding carboxylic acids is 1. The van der Waals surface area contributed by atoms with Crippen LogP contribution >= 0.6 is 11.6 Å². The zero-order valence-corrected chi connectivity index (χ0v) is 14.1. The van der Waals surface area contributed by atoms with Crippen molar-refractivity contribution in [2.75, 3.05) is 10.6 Å². The first kappa shape index (κ1) is 17.4. The molecule has 3 rings (SSSR count). The highest BCUT2D eigenvalue weighted by molar-refractivity contribution is 6.31. The molecular formula is C19H12ClFN4O. The molecule has 0 saturated carbocycles. The van der Waals surface area contributed by atoms with Gasteiger partial charge in [0.1, 0.15) is 11.6 Å². The number of amides is 1. The lowest BCUT2D eigenvalue weighted by molar-refractivity contribution is 0.102. The number of rotatable bonds is 4. The summed E-state index contributed by atoms with van der Waals surface area (Å²) in [4.78, 5) is 16.4. The number of benzene rings is 2. The SMILES string of the molecule is N#Cc1ccc(NC(=O)c2ccc(Nc3ccc(F)c(Cl)c3)nc2)cc1. The zero-order chi connectivity index (χ0) is 18.5. The molecule has 7 heteroatoms. The molecular weight excluding hydrogens is 355 g/mol. The number of pyridine rings is 1. The van der Waals surface area contributed by atoms with Gasteiger partial charge in [-0.2, -0.15) is 5.26 Å². The number of carbonyl (C=O) groups is 1. The van der Waals surface area contributed by atoms with Crippen LogP contribution in [0.4, 0.5) is 21.6 Å². The molecule has 1 amide bonds. The Morgan fingerprint density at radius 1 is 1.08 bits per heavy atom. The van der Waals surface area contributed by atoms with Gasteiger partial charge in [-0.25, -0.2) is 9.37 Å². The van der Waals surface area contributed by atoms with E-state index in [-0.39, 0.29) is 10.9 Å². The summed E-state index contributed by atoms with van der Waals surface area (Å²) in [5.74, 6) is -0.332. The molecule has 3 aromatic rings. The van der Waals surface area contributed by atoms with E-state index in [4.69, 9.17) is 16.9 Å². The molecule has 2 aromatic carbocycles.